The fraction of sp³-hybridized carbons (Fsp3) is 0.318. The molecule has 0 aliphatic heterocycles. The number of aromatic nitrogens is 1. The van der Waals surface area contributed by atoms with E-state index in [1.165, 1.54) is 11.3 Å². The Bertz CT molecular complexity index is 1170. The maximum atomic E-state index is 12.9. The van der Waals surface area contributed by atoms with Crippen molar-refractivity contribution in [1.29, 1.82) is 0 Å². The van der Waals surface area contributed by atoms with Gasteiger partial charge in [-0.25, -0.2) is 0 Å². The number of esters is 1. The molecular formula is C22H23ClN2O5S. The Morgan fingerprint density at radius 2 is 1.74 bits per heavy atom. The molecule has 164 valence electrons. The largest absolute Gasteiger partial charge is 0.490 e. The lowest BCUT2D eigenvalue weighted by Crippen LogP contribution is -2.23. The number of amides is 1. The molecule has 2 aromatic carbocycles. The van der Waals surface area contributed by atoms with Gasteiger partial charge in [0, 0.05) is 10.6 Å². The lowest BCUT2D eigenvalue weighted by atomic mass is 10.2. The van der Waals surface area contributed by atoms with E-state index in [1.54, 1.807) is 47.9 Å². The van der Waals surface area contributed by atoms with Gasteiger partial charge in [-0.15, -0.1) is 0 Å². The Morgan fingerprint density at radius 3 is 2.45 bits per heavy atom. The molecule has 0 aliphatic carbocycles. The fourth-order valence-electron chi connectivity index (χ4n) is 2.96. The topological polar surface area (TPSA) is 79.1 Å². The third-order valence-corrected chi connectivity index (χ3v) is 5.50. The first-order chi connectivity index (χ1) is 15.0. The van der Waals surface area contributed by atoms with Crippen LogP contribution in [0.4, 0.5) is 0 Å². The summed E-state index contributed by atoms with van der Waals surface area (Å²) in [5.41, 5.74) is 1.10. The quantitative estimate of drug-likeness (QED) is 0.462. The smallest absolute Gasteiger partial charge is 0.326 e. The number of nitrogens with zero attached hydrogens (tertiary/aromatic N) is 2. The summed E-state index contributed by atoms with van der Waals surface area (Å²) in [6.07, 6.45) is 0. The Kier molecular flexibility index (Phi) is 7.70. The second-order valence-electron chi connectivity index (χ2n) is 6.33. The van der Waals surface area contributed by atoms with Crippen molar-refractivity contribution in [1.82, 2.24) is 4.57 Å². The van der Waals surface area contributed by atoms with Crippen molar-refractivity contribution in [3.05, 3.63) is 51.8 Å². The minimum absolute atomic E-state index is 0.0605. The number of rotatable bonds is 8. The average Bonchev–Trinajstić information content (AvgIpc) is 3.05. The summed E-state index contributed by atoms with van der Waals surface area (Å²) in [4.78, 5) is 29.7. The molecule has 0 spiro atoms. The highest BCUT2D eigenvalue weighted by atomic mass is 35.5. The predicted molar refractivity (Wildman–Crippen MR) is 120 cm³/mol. The second kappa shape index (κ2) is 10.5. The zero-order valence-electron chi connectivity index (χ0n) is 17.5. The average molecular weight is 463 g/mol. The summed E-state index contributed by atoms with van der Waals surface area (Å²) >= 11 is 7.38. The molecule has 0 saturated heterocycles. The molecule has 0 radical (unpaired) electrons. The van der Waals surface area contributed by atoms with Crippen molar-refractivity contribution in [2.45, 2.75) is 27.3 Å². The molecule has 0 aliphatic rings. The molecule has 0 fully saturated rings. The first-order valence-electron chi connectivity index (χ1n) is 9.90. The molecule has 0 bridgehead atoms. The van der Waals surface area contributed by atoms with Crippen LogP contribution in [0.2, 0.25) is 5.02 Å². The van der Waals surface area contributed by atoms with Gasteiger partial charge in [0.2, 0.25) is 0 Å². The molecule has 0 atom stereocenters. The first-order valence-corrected chi connectivity index (χ1v) is 11.1. The summed E-state index contributed by atoms with van der Waals surface area (Å²) in [5.74, 6) is 0.174. The van der Waals surface area contributed by atoms with Gasteiger partial charge in [0.05, 0.1) is 30.0 Å². The van der Waals surface area contributed by atoms with E-state index >= 15 is 0 Å². The maximum absolute atomic E-state index is 12.9. The number of fused-ring (bicyclic) bond motifs is 1. The minimum Gasteiger partial charge on any atom is -0.490 e. The van der Waals surface area contributed by atoms with Gasteiger partial charge in [-0.2, -0.15) is 4.99 Å². The zero-order chi connectivity index (χ0) is 22.4. The lowest BCUT2D eigenvalue weighted by molar-refractivity contribution is -0.143. The Hall–Kier alpha value is -2.84. The highest BCUT2D eigenvalue weighted by Gasteiger charge is 2.15. The zero-order valence-corrected chi connectivity index (χ0v) is 19.1. The number of benzene rings is 2. The van der Waals surface area contributed by atoms with Crippen molar-refractivity contribution in [2.24, 2.45) is 4.99 Å². The summed E-state index contributed by atoms with van der Waals surface area (Å²) in [6, 6.07) is 10.2. The van der Waals surface area contributed by atoms with Crippen LogP contribution in [0.5, 0.6) is 11.5 Å². The predicted octanol–water partition coefficient (Wildman–Crippen LogP) is 4.46. The standard InChI is InChI=1S/C22H23ClN2O5S/c1-4-28-17-10-7-14(11-18(17)29-5-2)21(27)24-22-25(13-20(26)30-6-3)16-9-8-15(23)12-19(16)31-22/h7-12H,4-6,13H2,1-3H3. The van der Waals surface area contributed by atoms with E-state index in [0.717, 1.165) is 10.2 Å². The van der Waals surface area contributed by atoms with Gasteiger partial charge in [-0.3, -0.25) is 9.59 Å². The summed E-state index contributed by atoms with van der Waals surface area (Å²) in [7, 11) is 0. The molecule has 9 heteroatoms. The molecule has 1 amide bonds. The van der Waals surface area contributed by atoms with E-state index in [9.17, 15) is 9.59 Å². The van der Waals surface area contributed by atoms with Crippen LogP contribution in [0, 0.1) is 0 Å². The highest BCUT2D eigenvalue weighted by Crippen LogP contribution is 2.29. The van der Waals surface area contributed by atoms with Crippen molar-refractivity contribution >= 4 is 45.0 Å². The minimum atomic E-state index is -0.459. The van der Waals surface area contributed by atoms with Gasteiger partial charge >= 0.3 is 5.97 Å². The molecule has 3 rings (SSSR count). The summed E-state index contributed by atoms with van der Waals surface area (Å²) in [6.45, 7) is 6.60. The Balaban J connectivity index is 2.05. The number of carbonyl (C=O) groups is 2. The van der Waals surface area contributed by atoms with Crippen LogP contribution in [-0.2, 0) is 16.1 Å². The molecule has 1 heterocycles. The van der Waals surface area contributed by atoms with Gasteiger partial charge in [-0.05, 0) is 57.2 Å². The number of hydrogen-bond donors (Lipinski definition) is 0. The third-order valence-electron chi connectivity index (χ3n) is 4.22. The van der Waals surface area contributed by atoms with Crippen molar-refractivity contribution in [2.75, 3.05) is 19.8 Å². The van der Waals surface area contributed by atoms with Gasteiger partial charge in [0.25, 0.3) is 5.91 Å². The number of ether oxygens (including phenoxy) is 3. The van der Waals surface area contributed by atoms with Crippen molar-refractivity contribution in [3.8, 4) is 11.5 Å². The van der Waals surface area contributed by atoms with Gasteiger partial charge in [0.15, 0.2) is 16.3 Å². The molecule has 7 nitrogen and oxygen atoms in total. The number of thiazole rings is 1. The van der Waals surface area contributed by atoms with Gasteiger partial charge < -0.3 is 18.8 Å². The monoisotopic (exact) mass is 462 g/mol. The van der Waals surface area contributed by atoms with E-state index < -0.39 is 11.9 Å². The van der Waals surface area contributed by atoms with E-state index in [0.29, 0.717) is 40.1 Å². The number of halogens is 1. The summed E-state index contributed by atoms with van der Waals surface area (Å²) in [5, 5.41) is 0.558. The van der Waals surface area contributed by atoms with Crippen LogP contribution < -0.4 is 14.3 Å². The van der Waals surface area contributed by atoms with Crippen molar-refractivity contribution in [3.63, 3.8) is 0 Å². The molecular weight excluding hydrogens is 440 g/mol. The van der Waals surface area contributed by atoms with Gasteiger partial charge in [-0.1, -0.05) is 22.9 Å². The number of carbonyl (C=O) groups excluding carboxylic acids is 2. The highest BCUT2D eigenvalue weighted by molar-refractivity contribution is 7.16. The molecule has 0 unspecified atom stereocenters. The normalized spacial score (nSPS) is 11.5. The molecule has 31 heavy (non-hydrogen) atoms. The first kappa shape index (κ1) is 22.8. The fourth-order valence-corrected chi connectivity index (χ4v) is 4.26. The third kappa shape index (κ3) is 5.45. The molecule has 0 N–H and O–H groups in total. The van der Waals surface area contributed by atoms with Crippen LogP contribution in [0.15, 0.2) is 41.4 Å². The lowest BCUT2D eigenvalue weighted by Gasteiger charge is -2.11. The maximum Gasteiger partial charge on any atom is 0.326 e. The molecule has 3 aromatic rings. The van der Waals surface area contributed by atoms with E-state index in [1.807, 2.05) is 13.8 Å². The SMILES string of the molecule is CCOC(=O)Cn1c(=NC(=O)c2ccc(OCC)c(OCC)c2)sc2cc(Cl)ccc21. The molecule has 1 aromatic heterocycles. The van der Waals surface area contributed by atoms with Crippen LogP contribution >= 0.6 is 22.9 Å². The van der Waals surface area contributed by atoms with Crippen LogP contribution in [0.25, 0.3) is 10.2 Å². The van der Waals surface area contributed by atoms with E-state index in [2.05, 4.69) is 4.99 Å². The van der Waals surface area contributed by atoms with E-state index in [4.69, 9.17) is 25.8 Å². The van der Waals surface area contributed by atoms with E-state index in [-0.39, 0.29) is 13.2 Å². The summed E-state index contributed by atoms with van der Waals surface area (Å²) < 4.78 is 18.7. The van der Waals surface area contributed by atoms with Crippen LogP contribution in [-0.4, -0.2) is 36.3 Å². The van der Waals surface area contributed by atoms with Crippen molar-refractivity contribution < 1.29 is 23.8 Å². The molecule has 0 saturated carbocycles. The Morgan fingerprint density at radius 1 is 1.00 bits per heavy atom. The van der Waals surface area contributed by atoms with Crippen LogP contribution in [0.1, 0.15) is 31.1 Å². The number of hydrogen-bond acceptors (Lipinski definition) is 6. The Labute approximate surface area is 188 Å². The van der Waals surface area contributed by atoms with Gasteiger partial charge in [0.1, 0.15) is 6.54 Å². The second-order valence-corrected chi connectivity index (χ2v) is 7.78. The van der Waals surface area contributed by atoms with Crippen LogP contribution in [0.3, 0.4) is 0 Å².